The first-order valence-electron chi connectivity index (χ1n) is 40.7. The van der Waals surface area contributed by atoms with Crippen molar-refractivity contribution in [1.82, 2.24) is 0 Å². The van der Waals surface area contributed by atoms with Gasteiger partial charge in [0.05, 0.1) is 26.4 Å². The molecule has 0 fully saturated rings. The minimum absolute atomic E-state index is 0.105. The molecule has 0 saturated carbocycles. The Morgan fingerprint density at radius 1 is 0.286 bits per heavy atom. The fourth-order valence-corrected chi connectivity index (χ4v) is 13.6. The lowest BCUT2D eigenvalue weighted by molar-refractivity contribution is -0.161. The number of phosphoric ester groups is 2. The average molecular weight is 1440 g/mol. The van der Waals surface area contributed by atoms with E-state index in [2.05, 4.69) is 55.4 Å². The van der Waals surface area contributed by atoms with Crippen LogP contribution in [0.5, 0.6) is 0 Å². The summed E-state index contributed by atoms with van der Waals surface area (Å²) in [5, 5.41) is 10.6. The SMILES string of the molecule is CCC(C)CCCCCCCCCCC(=O)OC[C@H](COP(=O)(O)OC[C@H](O)COP(=O)(O)OC[C@@H](COC(=O)CCCCCCCCCCCCCCCC(C)C)OC(=O)CCCCCCCCCCCCCCCCCC(C)C)OC(=O)CCCCCCCCCCCC(C)C. The summed E-state index contributed by atoms with van der Waals surface area (Å²) < 4.78 is 68.7. The molecule has 98 heavy (non-hydrogen) atoms. The minimum Gasteiger partial charge on any atom is -0.462 e. The Kier molecular flexibility index (Phi) is 66.8. The Balaban J connectivity index is 5.26. The molecule has 19 heteroatoms. The number of carbonyl (C=O) groups is 4. The third kappa shape index (κ3) is 71.1. The zero-order valence-electron chi connectivity index (χ0n) is 64.4. The molecule has 0 aliphatic heterocycles. The molecule has 0 aromatic carbocycles. The van der Waals surface area contributed by atoms with Gasteiger partial charge in [-0.25, -0.2) is 9.13 Å². The van der Waals surface area contributed by atoms with E-state index in [1.165, 1.54) is 205 Å². The number of aliphatic hydroxyl groups excluding tert-OH is 1. The highest BCUT2D eigenvalue weighted by atomic mass is 31.2. The molecule has 3 unspecified atom stereocenters. The Morgan fingerprint density at radius 3 is 0.724 bits per heavy atom. The van der Waals surface area contributed by atoms with Crippen LogP contribution in [0.3, 0.4) is 0 Å². The summed E-state index contributed by atoms with van der Waals surface area (Å²) in [5.41, 5.74) is 0. The maximum Gasteiger partial charge on any atom is 0.472 e. The lowest BCUT2D eigenvalue weighted by Gasteiger charge is -2.21. The van der Waals surface area contributed by atoms with E-state index in [1.54, 1.807) is 0 Å². The molecule has 0 amide bonds. The summed E-state index contributed by atoms with van der Waals surface area (Å²) in [7, 11) is -9.92. The molecule has 0 heterocycles. The van der Waals surface area contributed by atoms with Gasteiger partial charge in [0, 0.05) is 25.7 Å². The van der Waals surface area contributed by atoms with Crippen molar-refractivity contribution in [2.45, 2.75) is 420 Å². The van der Waals surface area contributed by atoms with Crippen LogP contribution in [-0.2, 0) is 65.4 Å². The molecular weight excluding hydrogens is 1280 g/mol. The second kappa shape index (κ2) is 68.2. The van der Waals surface area contributed by atoms with Gasteiger partial charge in [0.15, 0.2) is 12.2 Å². The van der Waals surface area contributed by atoms with Crippen LogP contribution in [-0.4, -0.2) is 96.7 Å². The van der Waals surface area contributed by atoms with Crippen LogP contribution < -0.4 is 0 Å². The van der Waals surface area contributed by atoms with Gasteiger partial charge >= 0.3 is 39.5 Å². The van der Waals surface area contributed by atoms with Crippen LogP contribution >= 0.6 is 15.6 Å². The highest BCUT2D eigenvalue weighted by Gasteiger charge is 2.30. The summed E-state index contributed by atoms with van der Waals surface area (Å²) in [6, 6.07) is 0. The molecule has 0 aromatic rings. The molecule has 0 spiro atoms. The van der Waals surface area contributed by atoms with Crippen LogP contribution in [0.4, 0.5) is 0 Å². The van der Waals surface area contributed by atoms with Crippen molar-refractivity contribution in [3.63, 3.8) is 0 Å². The third-order valence-corrected chi connectivity index (χ3v) is 20.6. The molecular formula is C79H154O17P2. The molecule has 0 saturated heterocycles. The summed E-state index contributed by atoms with van der Waals surface area (Å²) >= 11 is 0. The molecule has 6 atom stereocenters. The smallest absolute Gasteiger partial charge is 0.462 e. The lowest BCUT2D eigenvalue weighted by Crippen LogP contribution is -2.30. The maximum absolute atomic E-state index is 13.1. The number of carbonyl (C=O) groups excluding carboxylic acids is 4. The average Bonchev–Trinajstić information content (AvgIpc) is 0.984. The Hall–Kier alpha value is -1.94. The second-order valence-electron chi connectivity index (χ2n) is 30.1. The van der Waals surface area contributed by atoms with Gasteiger partial charge in [0.1, 0.15) is 19.3 Å². The number of phosphoric acid groups is 2. The monoisotopic (exact) mass is 1440 g/mol. The van der Waals surface area contributed by atoms with E-state index in [1.807, 2.05) is 0 Å². The predicted octanol–water partition coefficient (Wildman–Crippen LogP) is 23.2. The topological polar surface area (TPSA) is 237 Å². The van der Waals surface area contributed by atoms with Gasteiger partial charge in [-0.3, -0.25) is 37.3 Å². The molecule has 0 radical (unpaired) electrons. The van der Waals surface area contributed by atoms with Crippen molar-refractivity contribution in [3.8, 4) is 0 Å². The van der Waals surface area contributed by atoms with Gasteiger partial charge in [0.25, 0.3) is 0 Å². The summed E-state index contributed by atoms with van der Waals surface area (Å²) in [6.45, 7) is 14.3. The van der Waals surface area contributed by atoms with E-state index in [0.717, 1.165) is 114 Å². The number of ether oxygens (including phenoxy) is 4. The first-order valence-corrected chi connectivity index (χ1v) is 43.7. The van der Waals surface area contributed by atoms with Crippen molar-refractivity contribution in [2.75, 3.05) is 39.6 Å². The first-order chi connectivity index (χ1) is 47.1. The normalized spacial score (nSPS) is 14.3. The van der Waals surface area contributed by atoms with Crippen LogP contribution in [0.1, 0.15) is 402 Å². The molecule has 0 rings (SSSR count). The number of rotatable bonds is 76. The largest absolute Gasteiger partial charge is 0.472 e. The van der Waals surface area contributed by atoms with E-state index in [-0.39, 0.29) is 25.7 Å². The molecule has 3 N–H and O–H groups in total. The van der Waals surface area contributed by atoms with Gasteiger partial charge in [-0.2, -0.15) is 0 Å². The van der Waals surface area contributed by atoms with E-state index < -0.39 is 97.5 Å². The van der Waals surface area contributed by atoms with Crippen LogP contribution in [0.2, 0.25) is 0 Å². The zero-order valence-corrected chi connectivity index (χ0v) is 66.2. The van der Waals surface area contributed by atoms with Gasteiger partial charge in [-0.1, -0.05) is 351 Å². The Labute approximate surface area is 600 Å². The number of hydrogen-bond donors (Lipinski definition) is 3. The van der Waals surface area contributed by atoms with E-state index >= 15 is 0 Å². The fraction of sp³-hybridized carbons (Fsp3) is 0.949. The Bertz CT molecular complexity index is 1920. The molecule has 582 valence electrons. The van der Waals surface area contributed by atoms with E-state index in [4.69, 9.17) is 37.0 Å². The summed E-state index contributed by atoms with van der Waals surface area (Å²) in [6.07, 6.45) is 54.0. The van der Waals surface area contributed by atoms with Crippen LogP contribution in [0, 0.1) is 23.7 Å². The van der Waals surface area contributed by atoms with Gasteiger partial charge in [-0.15, -0.1) is 0 Å². The van der Waals surface area contributed by atoms with E-state index in [0.29, 0.717) is 25.7 Å². The lowest BCUT2D eigenvalue weighted by atomic mass is 9.99. The van der Waals surface area contributed by atoms with Crippen molar-refractivity contribution in [1.29, 1.82) is 0 Å². The van der Waals surface area contributed by atoms with Gasteiger partial charge in [-0.05, 0) is 49.4 Å². The van der Waals surface area contributed by atoms with Crippen molar-refractivity contribution in [2.24, 2.45) is 23.7 Å². The van der Waals surface area contributed by atoms with E-state index in [9.17, 15) is 43.2 Å². The fourth-order valence-electron chi connectivity index (χ4n) is 12.0. The van der Waals surface area contributed by atoms with Crippen LogP contribution in [0.15, 0.2) is 0 Å². The minimum atomic E-state index is -4.96. The summed E-state index contributed by atoms with van der Waals surface area (Å²) in [4.78, 5) is 73.0. The second-order valence-corrected chi connectivity index (χ2v) is 33.0. The highest BCUT2D eigenvalue weighted by molar-refractivity contribution is 7.47. The summed E-state index contributed by atoms with van der Waals surface area (Å²) in [5.74, 6) is 0.991. The highest BCUT2D eigenvalue weighted by Crippen LogP contribution is 2.45. The van der Waals surface area contributed by atoms with Gasteiger partial charge in [0.2, 0.25) is 0 Å². The first kappa shape index (κ1) is 96.1. The molecule has 17 nitrogen and oxygen atoms in total. The predicted molar refractivity (Wildman–Crippen MR) is 400 cm³/mol. The van der Waals surface area contributed by atoms with Gasteiger partial charge < -0.3 is 33.8 Å². The number of hydrogen-bond acceptors (Lipinski definition) is 15. The third-order valence-electron chi connectivity index (χ3n) is 18.7. The zero-order chi connectivity index (χ0) is 72.4. The van der Waals surface area contributed by atoms with Crippen molar-refractivity contribution < 1.29 is 80.2 Å². The number of unbranched alkanes of at least 4 members (excludes halogenated alkanes) is 41. The van der Waals surface area contributed by atoms with Crippen LogP contribution in [0.25, 0.3) is 0 Å². The standard InChI is InChI=1S/C79H154O17P2/c1-9-72(8)58-50-42-34-29-30-36-44-52-60-77(82)90-66-75(96-79(84)62-54-46-38-28-22-25-33-41-49-57-71(6)7)68-94-98(87,88)92-64-73(80)63-91-97(85,86)93-67-74(65-89-76(81)59-51-43-35-26-20-17-13-15-19-24-32-40-48-56-70(4)5)95-78(83)61-53-45-37-27-21-16-12-10-11-14-18-23-31-39-47-55-69(2)3/h69-75,80H,9-68H2,1-8H3,(H,85,86)(H,87,88)/t72?,73-,74-,75-/m1/s1. The van der Waals surface area contributed by atoms with Crippen molar-refractivity contribution in [3.05, 3.63) is 0 Å². The molecule has 0 aliphatic rings. The molecule has 0 bridgehead atoms. The Morgan fingerprint density at radius 2 is 0.490 bits per heavy atom. The number of esters is 4. The molecule has 0 aliphatic carbocycles. The maximum atomic E-state index is 13.1. The quantitative estimate of drug-likeness (QED) is 0.0222. The number of aliphatic hydroxyl groups is 1. The molecule has 0 aromatic heterocycles. The van der Waals surface area contributed by atoms with Crippen molar-refractivity contribution >= 4 is 39.5 Å².